The molecular weight excluding hydrogens is 537 g/mol. The van der Waals surface area contributed by atoms with Crippen molar-refractivity contribution < 1.29 is 9.18 Å². The molecule has 0 spiro atoms. The van der Waals surface area contributed by atoms with E-state index in [4.69, 9.17) is 5.26 Å². The molecule has 0 aliphatic carbocycles. The van der Waals surface area contributed by atoms with E-state index >= 15 is 0 Å². The van der Waals surface area contributed by atoms with Gasteiger partial charge in [-0.3, -0.25) is 14.8 Å². The number of amides is 1. The highest BCUT2D eigenvalue weighted by Crippen LogP contribution is 2.30. The number of pyridine rings is 1. The van der Waals surface area contributed by atoms with Crippen LogP contribution in [0.1, 0.15) is 85.1 Å². The molecule has 1 amide bonds. The fourth-order valence-corrected chi connectivity index (χ4v) is 4.84. The van der Waals surface area contributed by atoms with Crippen LogP contribution in [0.25, 0.3) is 5.57 Å². The van der Waals surface area contributed by atoms with E-state index in [2.05, 4.69) is 48.3 Å². The molecule has 43 heavy (non-hydrogen) atoms. The first-order valence-corrected chi connectivity index (χ1v) is 15.3. The van der Waals surface area contributed by atoms with Gasteiger partial charge in [-0.2, -0.15) is 5.26 Å². The summed E-state index contributed by atoms with van der Waals surface area (Å²) >= 11 is 0. The van der Waals surface area contributed by atoms with Crippen molar-refractivity contribution in [3.8, 4) is 6.07 Å². The van der Waals surface area contributed by atoms with Gasteiger partial charge in [0.2, 0.25) is 5.91 Å². The molecule has 1 aromatic carbocycles. The van der Waals surface area contributed by atoms with E-state index in [0.29, 0.717) is 36.6 Å². The molecule has 0 N–H and O–H groups in total. The lowest BCUT2D eigenvalue weighted by atomic mass is 9.92. The van der Waals surface area contributed by atoms with Crippen molar-refractivity contribution in [2.45, 2.75) is 74.7 Å². The first-order valence-electron chi connectivity index (χ1n) is 15.3. The lowest BCUT2D eigenvalue weighted by Gasteiger charge is -2.38. The number of hydrogen-bond acceptors (Lipinski definition) is 5. The van der Waals surface area contributed by atoms with Crippen molar-refractivity contribution in [3.63, 3.8) is 0 Å². The Morgan fingerprint density at radius 1 is 1.14 bits per heavy atom. The molecule has 0 radical (unpaired) electrons. The van der Waals surface area contributed by atoms with Crippen molar-refractivity contribution in [3.05, 3.63) is 95.4 Å². The largest absolute Gasteiger partial charge is 0.371 e. The Hall–Kier alpha value is -4.05. The van der Waals surface area contributed by atoms with Crippen LogP contribution in [0.4, 0.5) is 4.39 Å². The standard InChI is InChI=1S/C25H34FN3O.C9H10N2.C2H6/c1-7-21(22-11-9-10-12-23(22)26)25(19(5)27-8-2)20(6)28-13-15-29(16-14-28)24(30)17-18(3)4;1-2-3-9-6-8(7-10)4-5-11-9;1-2/h7-12,18H,2,13-17H2,1,3-6H3;4-6H,2-3H2,1H3;1-2H3/b21-7-,25-20-,27-19?;;. The summed E-state index contributed by atoms with van der Waals surface area (Å²) in [5, 5.41) is 8.55. The Balaban J connectivity index is 0.000000592. The second kappa shape index (κ2) is 20.0. The Morgan fingerprint density at radius 2 is 1.77 bits per heavy atom. The summed E-state index contributed by atoms with van der Waals surface area (Å²) in [4.78, 5) is 25.1. The molecule has 2 heterocycles. The predicted molar refractivity (Wildman–Crippen MR) is 178 cm³/mol. The van der Waals surface area contributed by atoms with E-state index in [-0.39, 0.29) is 11.7 Å². The lowest BCUT2D eigenvalue weighted by Crippen LogP contribution is -2.48. The maximum Gasteiger partial charge on any atom is 0.222 e. The van der Waals surface area contributed by atoms with Crippen LogP contribution in [-0.2, 0) is 11.2 Å². The molecule has 6 nitrogen and oxygen atoms in total. The van der Waals surface area contributed by atoms with Gasteiger partial charge in [0.05, 0.1) is 11.6 Å². The molecule has 3 rings (SSSR count). The quantitative estimate of drug-likeness (QED) is 0.219. The van der Waals surface area contributed by atoms with Crippen LogP contribution in [0.5, 0.6) is 0 Å². The molecule has 2 aromatic rings. The number of aryl methyl sites for hydroxylation is 1. The molecule has 0 bridgehead atoms. The number of hydrogen-bond donors (Lipinski definition) is 0. The fourth-order valence-electron chi connectivity index (χ4n) is 4.84. The summed E-state index contributed by atoms with van der Waals surface area (Å²) in [5.41, 5.74) is 5.80. The number of aliphatic imine (C=N–C) groups is 1. The summed E-state index contributed by atoms with van der Waals surface area (Å²) in [6.07, 6.45) is 7.74. The second-order valence-electron chi connectivity index (χ2n) is 10.4. The fraction of sp³-hybridized carbons (Fsp3) is 0.444. The third-order valence-electron chi connectivity index (χ3n) is 6.87. The van der Waals surface area contributed by atoms with Gasteiger partial charge in [-0.1, -0.05) is 71.9 Å². The molecule has 0 unspecified atom stereocenters. The van der Waals surface area contributed by atoms with Gasteiger partial charge in [0.15, 0.2) is 0 Å². The van der Waals surface area contributed by atoms with Gasteiger partial charge < -0.3 is 9.80 Å². The van der Waals surface area contributed by atoms with E-state index in [1.807, 2.05) is 57.7 Å². The number of nitriles is 1. The summed E-state index contributed by atoms with van der Waals surface area (Å²) in [6.45, 7) is 22.7. The van der Waals surface area contributed by atoms with Crippen molar-refractivity contribution >= 4 is 17.2 Å². The number of carbonyl (C=O) groups excluding carboxylic acids is 1. The van der Waals surface area contributed by atoms with E-state index in [1.54, 1.807) is 24.4 Å². The van der Waals surface area contributed by atoms with Gasteiger partial charge in [0.25, 0.3) is 0 Å². The number of allylic oxidation sites excluding steroid dienone is 4. The average Bonchev–Trinajstić information content (AvgIpc) is 3.01. The van der Waals surface area contributed by atoms with Gasteiger partial charge in [0, 0.05) is 73.2 Å². The molecule has 1 aromatic heterocycles. The van der Waals surface area contributed by atoms with Crippen molar-refractivity contribution in [2.75, 3.05) is 26.2 Å². The maximum atomic E-state index is 14.6. The number of rotatable bonds is 9. The van der Waals surface area contributed by atoms with E-state index in [1.165, 1.54) is 12.3 Å². The zero-order chi connectivity index (χ0) is 32.4. The monoisotopic (exact) mass is 587 g/mol. The summed E-state index contributed by atoms with van der Waals surface area (Å²) in [6, 6.07) is 12.5. The Kier molecular flexibility index (Phi) is 17.2. The van der Waals surface area contributed by atoms with Crippen LogP contribution in [0.3, 0.4) is 0 Å². The Morgan fingerprint density at radius 3 is 2.30 bits per heavy atom. The SMILES string of the molecule is C=CN=C(C)C(/C(=C\C)c1ccccc1F)=C(\C)N1CCN(C(=O)CC(C)C)CC1.CC.CCCc1cc(C#N)ccn1. The van der Waals surface area contributed by atoms with Crippen LogP contribution in [-0.4, -0.2) is 52.6 Å². The maximum absolute atomic E-state index is 14.6. The van der Waals surface area contributed by atoms with E-state index in [0.717, 1.165) is 54.2 Å². The average molecular weight is 588 g/mol. The predicted octanol–water partition coefficient (Wildman–Crippen LogP) is 8.23. The van der Waals surface area contributed by atoms with Crippen molar-refractivity contribution in [2.24, 2.45) is 10.9 Å². The van der Waals surface area contributed by atoms with E-state index in [9.17, 15) is 9.18 Å². The topological polar surface area (TPSA) is 72.6 Å². The minimum Gasteiger partial charge on any atom is -0.371 e. The summed E-state index contributed by atoms with van der Waals surface area (Å²) in [7, 11) is 0. The molecule has 232 valence electrons. The van der Waals surface area contributed by atoms with Gasteiger partial charge >= 0.3 is 0 Å². The van der Waals surface area contributed by atoms with Gasteiger partial charge in [-0.15, -0.1) is 0 Å². The minimum absolute atomic E-state index is 0.219. The lowest BCUT2D eigenvalue weighted by molar-refractivity contribution is -0.133. The number of nitrogens with zero attached hydrogens (tertiary/aromatic N) is 5. The van der Waals surface area contributed by atoms with Crippen LogP contribution in [0.2, 0.25) is 0 Å². The van der Waals surface area contributed by atoms with Crippen LogP contribution in [0, 0.1) is 23.1 Å². The summed E-state index contributed by atoms with van der Waals surface area (Å²) < 4.78 is 14.6. The number of carbonyl (C=O) groups is 1. The second-order valence-corrected chi connectivity index (χ2v) is 10.4. The van der Waals surface area contributed by atoms with Crippen LogP contribution >= 0.6 is 0 Å². The third-order valence-corrected chi connectivity index (χ3v) is 6.87. The van der Waals surface area contributed by atoms with Gasteiger partial charge in [-0.05, 0) is 56.9 Å². The molecule has 0 saturated carbocycles. The van der Waals surface area contributed by atoms with Crippen LogP contribution in [0.15, 0.2) is 77.7 Å². The highest BCUT2D eigenvalue weighted by Gasteiger charge is 2.25. The Bertz CT molecular complexity index is 1310. The van der Waals surface area contributed by atoms with Gasteiger partial charge in [-0.25, -0.2) is 4.39 Å². The first-order chi connectivity index (χ1) is 20.7. The van der Waals surface area contributed by atoms with Crippen molar-refractivity contribution in [1.82, 2.24) is 14.8 Å². The zero-order valence-corrected chi connectivity index (χ0v) is 27.5. The van der Waals surface area contributed by atoms with Crippen LogP contribution < -0.4 is 0 Å². The molecule has 1 saturated heterocycles. The van der Waals surface area contributed by atoms with E-state index < -0.39 is 0 Å². The number of aromatic nitrogens is 1. The molecule has 7 heteroatoms. The zero-order valence-electron chi connectivity index (χ0n) is 27.5. The Labute approximate surface area is 259 Å². The molecule has 1 aliphatic heterocycles. The van der Waals surface area contributed by atoms with Gasteiger partial charge in [0.1, 0.15) is 5.82 Å². The first kappa shape index (κ1) is 37.0. The minimum atomic E-state index is -0.258. The smallest absolute Gasteiger partial charge is 0.222 e. The number of benzene rings is 1. The number of halogens is 1. The highest BCUT2D eigenvalue weighted by molar-refractivity contribution is 6.12. The summed E-state index contributed by atoms with van der Waals surface area (Å²) in [5.74, 6) is 0.322. The molecular formula is C36H50FN5O. The van der Waals surface area contributed by atoms with Crippen molar-refractivity contribution in [1.29, 1.82) is 5.26 Å². The highest BCUT2D eigenvalue weighted by atomic mass is 19.1. The molecule has 1 fully saturated rings. The molecule has 1 aliphatic rings. The molecule has 0 atom stereocenters. The third kappa shape index (κ3) is 11.6. The normalized spacial score (nSPS) is 14.1. The number of piperazine rings is 1.